The molecular formula is C16H27N3O2. The lowest BCUT2D eigenvalue weighted by atomic mass is 10.0. The molecule has 2 fully saturated rings. The highest BCUT2D eigenvalue weighted by Crippen LogP contribution is 2.24. The smallest absolute Gasteiger partial charge is 0.117 e. The quantitative estimate of drug-likeness (QED) is 0.891. The number of β-amino-alcohol motifs (C(OH)–C–C–N with tert-alkyl or cyclic N) is 1. The molecular weight excluding hydrogens is 266 g/mol. The minimum Gasteiger partial charge on any atom is -0.468 e. The van der Waals surface area contributed by atoms with Gasteiger partial charge in [0, 0.05) is 38.3 Å². The van der Waals surface area contributed by atoms with Gasteiger partial charge in [0.15, 0.2) is 0 Å². The second kappa shape index (κ2) is 6.48. The van der Waals surface area contributed by atoms with Crippen LogP contribution in [0.2, 0.25) is 0 Å². The summed E-state index contributed by atoms with van der Waals surface area (Å²) in [6, 6.07) is 4.91. The van der Waals surface area contributed by atoms with Gasteiger partial charge in [-0.2, -0.15) is 0 Å². The Labute approximate surface area is 127 Å². The first-order valence-electron chi connectivity index (χ1n) is 7.97. The SMILES string of the molecule is CN(C)[C@H]1CN(C2CCN(Cc3ccco3)CC2)C[C@@H]1O. The Kier molecular flexibility index (Phi) is 4.64. The minimum absolute atomic E-state index is 0.207. The van der Waals surface area contributed by atoms with Gasteiger partial charge in [0.25, 0.3) is 0 Å². The van der Waals surface area contributed by atoms with E-state index < -0.39 is 0 Å². The van der Waals surface area contributed by atoms with Gasteiger partial charge in [-0.05, 0) is 39.1 Å². The molecule has 1 aromatic heterocycles. The van der Waals surface area contributed by atoms with Gasteiger partial charge in [-0.1, -0.05) is 0 Å². The summed E-state index contributed by atoms with van der Waals surface area (Å²) in [7, 11) is 4.12. The van der Waals surface area contributed by atoms with Crippen molar-refractivity contribution in [3.8, 4) is 0 Å². The lowest BCUT2D eigenvalue weighted by Gasteiger charge is -2.36. The van der Waals surface area contributed by atoms with Crippen molar-refractivity contribution in [2.75, 3.05) is 40.3 Å². The van der Waals surface area contributed by atoms with Crippen molar-refractivity contribution in [1.82, 2.24) is 14.7 Å². The normalized spacial score (nSPS) is 29.5. The number of likely N-dealkylation sites (N-methyl/N-ethyl adjacent to an activating group) is 1. The van der Waals surface area contributed by atoms with Crippen molar-refractivity contribution in [2.45, 2.75) is 37.6 Å². The molecule has 0 radical (unpaired) electrons. The fourth-order valence-corrected chi connectivity index (χ4v) is 3.67. The molecule has 118 valence electrons. The molecule has 0 unspecified atom stereocenters. The maximum Gasteiger partial charge on any atom is 0.117 e. The average molecular weight is 293 g/mol. The summed E-state index contributed by atoms with van der Waals surface area (Å²) in [6.07, 6.45) is 3.91. The van der Waals surface area contributed by atoms with Crippen LogP contribution in [0.4, 0.5) is 0 Å². The van der Waals surface area contributed by atoms with Gasteiger partial charge in [0.2, 0.25) is 0 Å². The van der Waals surface area contributed by atoms with Crippen LogP contribution < -0.4 is 0 Å². The molecule has 0 amide bonds. The van der Waals surface area contributed by atoms with Gasteiger partial charge in [0.05, 0.1) is 18.9 Å². The third-order valence-corrected chi connectivity index (χ3v) is 4.98. The third-order valence-electron chi connectivity index (χ3n) is 4.98. The van der Waals surface area contributed by atoms with Gasteiger partial charge in [-0.3, -0.25) is 9.80 Å². The van der Waals surface area contributed by atoms with E-state index in [0.29, 0.717) is 6.04 Å². The van der Waals surface area contributed by atoms with Crippen LogP contribution in [0.5, 0.6) is 0 Å². The molecule has 2 aliphatic heterocycles. The predicted molar refractivity (Wildman–Crippen MR) is 82.1 cm³/mol. The zero-order chi connectivity index (χ0) is 14.8. The Morgan fingerprint density at radius 1 is 1.29 bits per heavy atom. The molecule has 3 rings (SSSR count). The number of piperidine rings is 1. The molecule has 0 aliphatic carbocycles. The highest BCUT2D eigenvalue weighted by atomic mass is 16.3. The largest absolute Gasteiger partial charge is 0.468 e. The van der Waals surface area contributed by atoms with Gasteiger partial charge in [-0.25, -0.2) is 0 Å². The lowest BCUT2D eigenvalue weighted by molar-refractivity contribution is 0.0983. The Bertz CT molecular complexity index is 427. The van der Waals surface area contributed by atoms with Crippen molar-refractivity contribution >= 4 is 0 Å². The number of furan rings is 1. The molecule has 1 aromatic rings. The molecule has 21 heavy (non-hydrogen) atoms. The van der Waals surface area contributed by atoms with Crippen LogP contribution in [0.1, 0.15) is 18.6 Å². The van der Waals surface area contributed by atoms with Crippen LogP contribution in [-0.4, -0.2) is 78.3 Å². The van der Waals surface area contributed by atoms with Gasteiger partial charge < -0.3 is 14.4 Å². The summed E-state index contributed by atoms with van der Waals surface area (Å²) in [6.45, 7) is 4.97. The van der Waals surface area contributed by atoms with Crippen molar-refractivity contribution in [2.24, 2.45) is 0 Å². The maximum absolute atomic E-state index is 10.2. The number of hydrogen-bond donors (Lipinski definition) is 1. The number of rotatable bonds is 4. The molecule has 2 atom stereocenters. The van der Waals surface area contributed by atoms with Gasteiger partial charge >= 0.3 is 0 Å². The molecule has 0 saturated carbocycles. The fraction of sp³-hybridized carbons (Fsp3) is 0.750. The van der Waals surface area contributed by atoms with Crippen molar-refractivity contribution in [3.05, 3.63) is 24.2 Å². The highest BCUT2D eigenvalue weighted by Gasteiger charge is 2.37. The molecule has 0 spiro atoms. The first-order chi connectivity index (χ1) is 10.1. The molecule has 1 N–H and O–H groups in total. The van der Waals surface area contributed by atoms with E-state index in [4.69, 9.17) is 4.42 Å². The number of nitrogens with zero attached hydrogens (tertiary/aromatic N) is 3. The van der Waals surface area contributed by atoms with E-state index >= 15 is 0 Å². The topological polar surface area (TPSA) is 43.1 Å². The van der Waals surface area contributed by atoms with Crippen LogP contribution in [0.15, 0.2) is 22.8 Å². The van der Waals surface area contributed by atoms with Gasteiger partial charge in [-0.15, -0.1) is 0 Å². The maximum atomic E-state index is 10.2. The van der Waals surface area contributed by atoms with E-state index in [1.165, 1.54) is 12.8 Å². The summed E-state index contributed by atoms with van der Waals surface area (Å²) >= 11 is 0. The molecule has 5 heteroatoms. The third kappa shape index (κ3) is 3.48. The Balaban J connectivity index is 1.48. The molecule has 3 heterocycles. The van der Waals surface area contributed by atoms with Crippen molar-refractivity contribution in [3.63, 3.8) is 0 Å². The number of hydrogen-bond acceptors (Lipinski definition) is 5. The first-order valence-corrected chi connectivity index (χ1v) is 7.97. The first kappa shape index (κ1) is 15.0. The Hall–Kier alpha value is -0.880. The molecule has 0 bridgehead atoms. The van der Waals surface area contributed by atoms with Crippen LogP contribution in [0.3, 0.4) is 0 Å². The van der Waals surface area contributed by atoms with E-state index in [0.717, 1.165) is 38.5 Å². The van der Waals surface area contributed by atoms with E-state index in [2.05, 4.69) is 28.8 Å². The van der Waals surface area contributed by atoms with Crippen LogP contribution in [0, 0.1) is 0 Å². The van der Waals surface area contributed by atoms with Crippen molar-refractivity contribution < 1.29 is 9.52 Å². The molecule has 0 aromatic carbocycles. The number of aliphatic hydroxyl groups excluding tert-OH is 1. The Morgan fingerprint density at radius 3 is 2.62 bits per heavy atom. The summed E-state index contributed by atoms with van der Waals surface area (Å²) in [5.74, 6) is 1.05. The Morgan fingerprint density at radius 2 is 2.05 bits per heavy atom. The molecule has 2 saturated heterocycles. The average Bonchev–Trinajstić information content (AvgIpc) is 3.09. The van der Waals surface area contributed by atoms with E-state index in [1.807, 2.05) is 12.1 Å². The predicted octanol–water partition coefficient (Wildman–Crippen LogP) is 0.851. The van der Waals surface area contributed by atoms with Crippen LogP contribution >= 0.6 is 0 Å². The summed E-state index contributed by atoms with van der Waals surface area (Å²) in [5, 5.41) is 10.2. The zero-order valence-corrected chi connectivity index (χ0v) is 13.1. The standard InChI is InChI=1S/C16H27N3O2/c1-17(2)15-11-19(12-16(15)20)13-5-7-18(8-6-13)10-14-4-3-9-21-14/h3-4,9,13,15-16,20H,5-8,10-12H2,1-2H3/t15-,16-/m0/s1. The second-order valence-corrected chi connectivity index (χ2v) is 6.64. The van der Waals surface area contributed by atoms with Crippen LogP contribution in [0.25, 0.3) is 0 Å². The highest BCUT2D eigenvalue weighted by molar-refractivity contribution is 4.99. The molecule has 5 nitrogen and oxygen atoms in total. The number of likely N-dealkylation sites (tertiary alicyclic amines) is 2. The fourth-order valence-electron chi connectivity index (χ4n) is 3.67. The second-order valence-electron chi connectivity index (χ2n) is 6.64. The minimum atomic E-state index is -0.207. The van der Waals surface area contributed by atoms with Crippen LogP contribution in [-0.2, 0) is 6.54 Å². The molecule has 2 aliphatic rings. The zero-order valence-electron chi connectivity index (χ0n) is 13.1. The van der Waals surface area contributed by atoms with E-state index in [9.17, 15) is 5.11 Å². The van der Waals surface area contributed by atoms with Gasteiger partial charge in [0.1, 0.15) is 5.76 Å². The summed E-state index contributed by atoms with van der Waals surface area (Å²) < 4.78 is 5.43. The summed E-state index contributed by atoms with van der Waals surface area (Å²) in [4.78, 5) is 7.10. The number of aliphatic hydroxyl groups is 1. The van der Waals surface area contributed by atoms with E-state index in [-0.39, 0.29) is 12.1 Å². The summed E-state index contributed by atoms with van der Waals surface area (Å²) in [5.41, 5.74) is 0. The monoisotopic (exact) mass is 293 g/mol. The van der Waals surface area contributed by atoms with E-state index in [1.54, 1.807) is 6.26 Å². The van der Waals surface area contributed by atoms with Crippen molar-refractivity contribution in [1.29, 1.82) is 0 Å². The lowest BCUT2D eigenvalue weighted by Crippen LogP contribution is -2.44.